The third-order valence-electron chi connectivity index (χ3n) is 5.48. The molecule has 0 radical (unpaired) electrons. The van der Waals surface area contributed by atoms with Gasteiger partial charge in [-0.05, 0) is 52.7 Å². The van der Waals surface area contributed by atoms with Crippen molar-refractivity contribution < 1.29 is 38.1 Å². The van der Waals surface area contributed by atoms with Crippen LogP contribution < -0.4 is 19.5 Å². The molecule has 0 fully saturated rings. The van der Waals surface area contributed by atoms with Crippen LogP contribution in [0.4, 0.5) is 5.00 Å². The fraction of sp³-hybridized carbons (Fsp3) is 0.435. The molecule has 0 spiro atoms. The maximum absolute atomic E-state index is 12.7. The number of hydrogen-bond acceptors (Lipinski definition) is 9. The van der Waals surface area contributed by atoms with Gasteiger partial charge in [0.2, 0.25) is 5.75 Å². The van der Waals surface area contributed by atoms with Gasteiger partial charge in [0.25, 0.3) is 5.91 Å². The van der Waals surface area contributed by atoms with Crippen molar-refractivity contribution in [2.24, 2.45) is 5.92 Å². The smallest absolute Gasteiger partial charge is 0.341 e. The molecule has 1 N–H and O–H groups in total. The molecule has 11 heteroatoms. The van der Waals surface area contributed by atoms with E-state index in [-0.39, 0.29) is 17.1 Å². The lowest BCUT2D eigenvalue weighted by Gasteiger charge is -2.18. The summed E-state index contributed by atoms with van der Waals surface area (Å²) in [4.78, 5) is 38.8. The van der Waals surface area contributed by atoms with E-state index in [4.69, 9.17) is 23.7 Å². The van der Waals surface area contributed by atoms with Gasteiger partial charge in [-0.1, -0.05) is 6.92 Å². The number of nitrogens with one attached hydrogen (secondary N) is 1. The maximum atomic E-state index is 12.7. The minimum absolute atomic E-state index is 0.0955. The normalized spacial score (nSPS) is 14.6. The van der Waals surface area contributed by atoms with Crippen LogP contribution in [0.2, 0.25) is 0 Å². The van der Waals surface area contributed by atoms with Gasteiger partial charge >= 0.3 is 11.9 Å². The lowest BCUT2D eigenvalue weighted by atomic mass is 9.88. The fourth-order valence-electron chi connectivity index (χ4n) is 3.80. The molecule has 3 rings (SSSR count). The lowest BCUT2D eigenvalue weighted by molar-refractivity contribution is -0.119. The molecule has 1 heterocycles. The molecule has 0 saturated heterocycles. The van der Waals surface area contributed by atoms with Gasteiger partial charge < -0.3 is 29.0 Å². The summed E-state index contributed by atoms with van der Waals surface area (Å²) in [5, 5.41) is 3.11. The van der Waals surface area contributed by atoms with Gasteiger partial charge in [0.15, 0.2) is 18.1 Å². The number of amides is 1. The Morgan fingerprint density at radius 1 is 1.09 bits per heavy atom. The van der Waals surface area contributed by atoms with Crippen LogP contribution in [-0.2, 0) is 27.1 Å². The number of thiophene rings is 1. The molecule has 2 aromatic rings. The van der Waals surface area contributed by atoms with Crippen LogP contribution in [0, 0.1) is 5.92 Å². The Morgan fingerprint density at radius 3 is 2.41 bits per heavy atom. The first-order valence-corrected chi connectivity index (χ1v) is 12.0. The Balaban J connectivity index is 1.76. The molecule has 0 saturated carbocycles. The van der Waals surface area contributed by atoms with Gasteiger partial charge in [-0.2, -0.15) is 0 Å². The number of methoxy groups -OCH3 is 4. The second kappa shape index (κ2) is 11.1. The molecule has 0 aliphatic heterocycles. The first-order chi connectivity index (χ1) is 16.2. The third-order valence-corrected chi connectivity index (χ3v) is 7.43. The van der Waals surface area contributed by atoms with Crippen LogP contribution in [0.15, 0.2) is 10.5 Å². The Labute approximate surface area is 209 Å². The van der Waals surface area contributed by atoms with Crippen LogP contribution in [0.25, 0.3) is 0 Å². The first kappa shape index (κ1) is 25.8. The van der Waals surface area contributed by atoms with Crippen molar-refractivity contribution in [3.05, 3.63) is 32.1 Å². The number of fused-ring (bicyclic) bond motifs is 1. The highest BCUT2D eigenvalue weighted by Crippen LogP contribution is 2.45. The zero-order chi connectivity index (χ0) is 25.0. The van der Waals surface area contributed by atoms with Gasteiger partial charge in [0, 0.05) is 4.88 Å². The van der Waals surface area contributed by atoms with Gasteiger partial charge in [0.05, 0.1) is 44.0 Å². The summed E-state index contributed by atoms with van der Waals surface area (Å²) >= 11 is 4.67. The van der Waals surface area contributed by atoms with Crippen molar-refractivity contribution >= 4 is 50.1 Å². The minimum Gasteiger partial charge on any atom is -0.493 e. The van der Waals surface area contributed by atoms with Gasteiger partial charge in [-0.15, -0.1) is 11.3 Å². The first-order valence-electron chi connectivity index (χ1n) is 10.4. The number of anilines is 1. The van der Waals surface area contributed by atoms with E-state index in [1.54, 1.807) is 0 Å². The Bertz CT molecular complexity index is 1110. The largest absolute Gasteiger partial charge is 0.493 e. The number of carbonyl (C=O) groups excluding carboxylic acids is 3. The Morgan fingerprint density at radius 2 is 1.79 bits per heavy atom. The summed E-state index contributed by atoms with van der Waals surface area (Å²) in [6.07, 6.45) is 2.55. The predicted octanol–water partition coefficient (Wildman–Crippen LogP) is 4.24. The summed E-state index contributed by atoms with van der Waals surface area (Å²) in [5.41, 5.74) is 1.39. The third kappa shape index (κ3) is 5.15. The molecule has 1 atom stereocenters. The SMILES string of the molecule is COC(=O)c1c(NC(=O)COC(=O)c2cc(OC)c(OC)c(OC)c2Br)sc2c1CCC(C)C2. The van der Waals surface area contributed by atoms with E-state index in [0.717, 1.165) is 29.7 Å². The van der Waals surface area contributed by atoms with Crippen molar-refractivity contribution in [2.45, 2.75) is 26.2 Å². The Hall–Kier alpha value is -2.79. The molecule has 1 aromatic heterocycles. The number of benzene rings is 1. The maximum Gasteiger partial charge on any atom is 0.341 e. The van der Waals surface area contributed by atoms with Crippen molar-refractivity contribution in [2.75, 3.05) is 40.4 Å². The van der Waals surface area contributed by atoms with Gasteiger partial charge in [-0.3, -0.25) is 4.79 Å². The number of ether oxygens (including phenoxy) is 5. The monoisotopic (exact) mass is 555 g/mol. The quantitative estimate of drug-likeness (QED) is 0.481. The number of carbonyl (C=O) groups is 3. The van der Waals surface area contributed by atoms with E-state index in [9.17, 15) is 14.4 Å². The van der Waals surface area contributed by atoms with E-state index in [1.165, 1.54) is 45.8 Å². The van der Waals surface area contributed by atoms with E-state index >= 15 is 0 Å². The van der Waals surface area contributed by atoms with Crippen LogP contribution in [-0.4, -0.2) is 52.9 Å². The van der Waals surface area contributed by atoms with Gasteiger partial charge in [-0.25, -0.2) is 9.59 Å². The lowest BCUT2D eigenvalue weighted by Crippen LogP contribution is -2.22. The predicted molar refractivity (Wildman–Crippen MR) is 130 cm³/mol. The van der Waals surface area contributed by atoms with E-state index in [0.29, 0.717) is 26.7 Å². The highest BCUT2D eigenvalue weighted by Gasteiger charge is 2.29. The molecule has 1 aromatic carbocycles. The molecule has 1 aliphatic rings. The van der Waals surface area contributed by atoms with Crippen LogP contribution in [0.1, 0.15) is 44.5 Å². The summed E-state index contributed by atoms with van der Waals surface area (Å²) in [7, 11) is 5.60. The molecular formula is C23H26BrNO8S. The van der Waals surface area contributed by atoms with Crippen molar-refractivity contribution in [1.82, 2.24) is 0 Å². The molecular weight excluding hydrogens is 530 g/mol. The summed E-state index contributed by atoms with van der Waals surface area (Å²) in [5.74, 6) is -0.529. The zero-order valence-corrected chi connectivity index (χ0v) is 21.9. The van der Waals surface area contributed by atoms with Crippen LogP contribution in [0.3, 0.4) is 0 Å². The van der Waals surface area contributed by atoms with Gasteiger partial charge in [0.1, 0.15) is 5.00 Å². The molecule has 9 nitrogen and oxygen atoms in total. The topological polar surface area (TPSA) is 109 Å². The average Bonchev–Trinajstić information content (AvgIpc) is 3.17. The highest BCUT2D eigenvalue weighted by molar-refractivity contribution is 9.10. The summed E-state index contributed by atoms with van der Waals surface area (Å²) in [6.45, 7) is 1.60. The van der Waals surface area contributed by atoms with E-state index in [1.807, 2.05) is 0 Å². The number of esters is 2. The molecule has 1 aliphatic carbocycles. The number of halogens is 1. The molecule has 184 valence electrons. The molecule has 34 heavy (non-hydrogen) atoms. The van der Waals surface area contributed by atoms with Crippen molar-refractivity contribution in [1.29, 1.82) is 0 Å². The number of hydrogen-bond donors (Lipinski definition) is 1. The summed E-state index contributed by atoms with van der Waals surface area (Å²) in [6, 6.07) is 1.43. The number of rotatable bonds is 8. The fourth-order valence-corrected chi connectivity index (χ4v) is 5.83. The second-order valence-corrected chi connectivity index (χ2v) is 9.58. The van der Waals surface area contributed by atoms with Crippen molar-refractivity contribution in [3.63, 3.8) is 0 Å². The van der Waals surface area contributed by atoms with E-state index in [2.05, 4.69) is 28.2 Å². The average molecular weight is 556 g/mol. The summed E-state index contributed by atoms with van der Waals surface area (Å²) < 4.78 is 26.3. The Kier molecular flexibility index (Phi) is 8.42. The van der Waals surface area contributed by atoms with Crippen LogP contribution in [0.5, 0.6) is 17.2 Å². The molecule has 1 unspecified atom stereocenters. The van der Waals surface area contributed by atoms with Crippen molar-refractivity contribution in [3.8, 4) is 17.2 Å². The van der Waals surface area contributed by atoms with Crippen LogP contribution >= 0.6 is 27.3 Å². The standard InChI is InChI=1S/C23H26BrNO8S/c1-11-6-7-12-15(8-11)34-21(17(12)23(28)32-5)25-16(26)10-33-22(27)13-9-14(29-2)19(30-3)20(31-4)18(13)24/h9,11H,6-8,10H2,1-5H3,(H,25,26). The minimum atomic E-state index is -0.770. The molecule has 1 amide bonds. The van der Waals surface area contributed by atoms with E-state index < -0.39 is 24.5 Å². The zero-order valence-electron chi connectivity index (χ0n) is 19.5. The highest BCUT2D eigenvalue weighted by atomic mass is 79.9. The molecule has 0 bridgehead atoms. The second-order valence-electron chi connectivity index (χ2n) is 7.68.